The zero-order valence-corrected chi connectivity index (χ0v) is 16.5. The number of benzene rings is 2. The summed E-state index contributed by atoms with van der Waals surface area (Å²) in [7, 11) is 0. The first-order chi connectivity index (χ1) is 13.3. The molecule has 2 aromatic rings. The van der Waals surface area contributed by atoms with Gasteiger partial charge in [-0.05, 0) is 39.8 Å². The van der Waals surface area contributed by atoms with Crippen molar-refractivity contribution in [2.45, 2.75) is 52.2 Å². The van der Waals surface area contributed by atoms with Gasteiger partial charge in [0.25, 0.3) is 11.8 Å². The molecule has 0 fully saturated rings. The standard InChI is InChI=1S/2C11H13NO2/c2*1-7(2)12-10(13)8-5-3-4-6-9(8)11(12)14/h2*3-7,10,13H,1-2H3. The summed E-state index contributed by atoms with van der Waals surface area (Å²) in [4.78, 5) is 26.6. The average Bonchev–Trinajstić information content (AvgIpc) is 3.07. The highest BCUT2D eigenvalue weighted by atomic mass is 16.3. The Bertz CT molecular complexity index is 820. The predicted octanol–water partition coefficient (Wildman–Crippen LogP) is 3.08. The van der Waals surface area contributed by atoms with Crippen molar-refractivity contribution in [3.05, 3.63) is 70.8 Å². The number of fused-ring (bicyclic) bond motifs is 2. The van der Waals surface area contributed by atoms with Crippen LogP contribution in [0.15, 0.2) is 48.5 Å². The molecule has 2 aromatic carbocycles. The van der Waals surface area contributed by atoms with E-state index in [9.17, 15) is 19.8 Å². The number of rotatable bonds is 2. The van der Waals surface area contributed by atoms with Crippen LogP contribution in [-0.4, -0.2) is 43.9 Å². The minimum atomic E-state index is -0.779. The van der Waals surface area contributed by atoms with Gasteiger partial charge in [0.2, 0.25) is 0 Å². The predicted molar refractivity (Wildman–Crippen MR) is 105 cm³/mol. The molecule has 0 spiro atoms. The number of aliphatic hydroxyl groups is 2. The van der Waals surface area contributed by atoms with Crippen molar-refractivity contribution in [3.8, 4) is 0 Å². The number of nitrogens with zero attached hydrogens (tertiary/aromatic N) is 2. The lowest BCUT2D eigenvalue weighted by Gasteiger charge is -2.24. The van der Waals surface area contributed by atoms with Crippen LogP contribution in [0, 0.1) is 0 Å². The quantitative estimate of drug-likeness (QED) is 0.836. The van der Waals surface area contributed by atoms with E-state index in [4.69, 9.17) is 0 Å². The molecule has 0 bridgehead atoms. The molecule has 2 atom stereocenters. The second-order valence-corrected chi connectivity index (χ2v) is 7.53. The molecule has 0 saturated carbocycles. The van der Waals surface area contributed by atoms with E-state index in [1.54, 1.807) is 24.3 Å². The molecule has 0 aromatic heterocycles. The molecule has 2 aliphatic heterocycles. The highest BCUT2D eigenvalue weighted by Crippen LogP contribution is 2.33. The van der Waals surface area contributed by atoms with Gasteiger partial charge in [0.15, 0.2) is 12.5 Å². The first-order valence-electron chi connectivity index (χ1n) is 9.45. The van der Waals surface area contributed by atoms with E-state index < -0.39 is 12.5 Å². The maximum atomic E-state index is 11.8. The molecule has 2 heterocycles. The van der Waals surface area contributed by atoms with Crippen LogP contribution in [0.5, 0.6) is 0 Å². The fourth-order valence-corrected chi connectivity index (χ4v) is 3.67. The van der Waals surface area contributed by atoms with Gasteiger partial charge in [-0.1, -0.05) is 36.4 Å². The number of hydrogen-bond donors (Lipinski definition) is 2. The minimum absolute atomic E-state index is 0.0184. The van der Waals surface area contributed by atoms with Gasteiger partial charge < -0.3 is 20.0 Å². The van der Waals surface area contributed by atoms with E-state index in [1.165, 1.54) is 9.80 Å². The molecular weight excluding hydrogens is 356 g/mol. The van der Waals surface area contributed by atoms with Gasteiger partial charge in [-0.2, -0.15) is 0 Å². The van der Waals surface area contributed by atoms with E-state index in [2.05, 4.69) is 0 Å². The highest BCUT2D eigenvalue weighted by molar-refractivity contribution is 5.99. The van der Waals surface area contributed by atoms with Crippen LogP contribution in [-0.2, 0) is 0 Å². The van der Waals surface area contributed by atoms with Crippen LogP contribution in [0.25, 0.3) is 0 Å². The summed E-state index contributed by atoms with van der Waals surface area (Å²) in [6.45, 7) is 7.58. The summed E-state index contributed by atoms with van der Waals surface area (Å²) >= 11 is 0. The SMILES string of the molecule is CC(C)N1C(=O)c2ccccc2C1O.CC(C)N1C(=O)c2ccccc2C1O. The summed E-state index contributed by atoms with van der Waals surface area (Å²) in [6.07, 6.45) is -1.56. The molecule has 28 heavy (non-hydrogen) atoms. The molecule has 2 unspecified atom stereocenters. The molecule has 2 amide bonds. The van der Waals surface area contributed by atoms with Crippen molar-refractivity contribution >= 4 is 11.8 Å². The Kier molecular flexibility index (Phi) is 5.54. The lowest BCUT2D eigenvalue weighted by Crippen LogP contribution is -2.34. The lowest BCUT2D eigenvalue weighted by atomic mass is 10.1. The normalized spacial score (nSPS) is 20.4. The Morgan fingerprint density at radius 3 is 1.29 bits per heavy atom. The van der Waals surface area contributed by atoms with Crippen molar-refractivity contribution in [3.63, 3.8) is 0 Å². The first kappa shape index (κ1) is 20.0. The van der Waals surface area contributed by atoms with Crippen molar-refractivity contribution in [1.82, 2.24) is 9.80 Å². The summed E-state index contributed by atoms with van der Waals surface area (Å²) in [6, 6.07) is 14.4. The smallest absolute Gasteiger partial charge is 0.256 e. The van der Waals surface area contributed by atoms with Crippen LogP contribution >= 0.6 is 0 Å². The van der Waals surface area contributed by atoms with Gasteiger partial charge in [0.1, 0.15) is 0 Å². The first-order valence-corrected chi connectivity index (χ1v) is 9.45. The van der Waals surface area contributed by atoms with Crippen molar-refractivity contribution in [1.29, 1.82) is 0 Å². The Morgan fingerprint density at radius 2 is 1.00 bits per heavy atom. The van der Waals surface area contributed by atoms with E-state index in [0.717, 1.165) is 0 Å². The molecule has 148 valence electrons. The lowest BCUT2D eigenvalue weighted by molar-refractivity contribution is 0.00279. The molecule has 4 rings (SSSR count). The number of hydrogen-bond acceptors (Lipinski definition) is 4. The van der Waals surface area contributed by atoms with E-state index >= 15 is 0 Å². The van der Waals surface area contributed by atoms with Gasteiger partial charge in [0, 0.05) is 34.3 Å². The summed E-state index contributed by atoms with van der Waals surface area (Å²) < 4.78 is 0. The molecule has 6 heteroatoms. The fraction of sp³-hybridized carbons (Fsp3) is 0.364. The van der Waals surface area contributed by atoms with Crippen LogP contribution in [0.3, 0.4) is 0 Å². The van der Waals surface area contributed by atoms with Crippen LogP contribution in [0.1, 0.15) is 72.0 Å². The monoisotopic (exact) mass is 382 g/mol. The van der Waals surface area contributed by atoms with Crippen molar-refractivity contribution in [2.24, 2.45) is 0 Å². The van der Waals surface area contributed by atoms with Gasteiger partial charge in [-0.15, -0.1) is 0 Å². The molecule has 6 nitrogen and oxygen atoms in total. The van der Waals surface area contributed by atoms with Crippen LogP contribution in [0.4, 0.5) is 0 Å². The Balaban J connectivity index is 0.000000161. The van der Waals surface area contributed by atoms with Gasteiger partial charge in [0.05, 0.1) is 0 Å². The molecule has 0 saturated heterocycles. The molecule has 2 N–H and O–H groups in total. The zero-order valence-electron chi connectivity index (χ0n) is 16.5. The van der Waals surface area contributed by atoms with Crippen molar-refractivity contribution in [2.75, 3.05) is 0 Å². The minimum Gasteiger partial charge on any atom is -0.369 e. The number of carbonyl (C=O) groups excluding carboxylic acids is 2. The zero-order chi connectivity index (χ0) is 20.6. The van der Waals surface area contributed by atoms with Crippen LogP contribution < -0.4 is 0 Å². The number of aliphatic hydroxyl groups excluding tert-OH is 2. The van der Waals surface area contributed by atoms with E-state index in [1.807, 2.05) is 52.0 Å². The molecular formula is C22H26N2O4. The second kappa shape index (κ2) is 7.73. The van der Waals surface area contributed by atoms with Gasteiger partial charge in [-0.25, -0.2) is 0 Å². The number of amides is 2. The van der Waals surface area contributed by atoms with Gasteiger partial charge in [-0.3, -0.25) is 9.59 Å². The maximum Gasteiger partial charge on any atom is 0.256 e. The van der Waals surface area contributed by atoms with Gasteiger partial charge >= 0.3 is 0 Å². The molecule has 0 aliphatic carbocycles. The third kappa shape index (κ3) is 3.30. The third-order valence-corrected chi connectivity index (χ3v) is 5.05. The van der Waals surface area contributed by atoms with E-state index in [0.29, 0.717) is 22.3 Å². The Hall–Kier alpha value is -2.70. The third-order valence-electron chi connectivity index (χ3n) is 5.05. The Morgan fingerprint density at radius 1 is 0.679 bits per heavy atom. The van der Waals surface area contributed by atoms with Crippen molar-refractivity contribution < 1.29 is 19.8 Å². The largest absolute Gasteiger partial charge is 0.369 e. The fourth-order valence-electron chi connectivity index (χ4n) is 3.67. The second-order valence-electron chi connectivity index (χ2n) is 7.53. The molecule has 0 radical (unpaired) electrons. The maximum absolute atomic E-state index is 11.8. The summed E-state index contributed by atoms with van der Waals surface area (Å²) in [5.74, 6) is -0.161. The average molecular weight is 382 g/mol. The van der Waals surface area contributed by atoms with Crippen LogP contribution in [0.2, 0.25) is 0 Å². The Labute approximate surface area is 165 Å². The summed E-state index contributed by atoms with van der Waals surface area (Å²) in [5.41, 5.74) is 2.67. The topological polar surface area (TPSA) is 81.1 Å². The summed E-state index contributed by atoms with van der Waals surface area (Å²) in [5, 5.41) is 19.8. The number of carbonyl (C=O) groups is 2. The highest BCUT2D eigenvalue weighted by Gasteiger charge is 2.37. The van der Waals surface area contributed by atoms with E-state index in [-0.39, 0.29) is 23.9 Å². The molecule has 2 aliphatic rings.